The highest BCUT2D eigenvalue weighted by molar-refractivity contribution is 5.81. The molecular weight excluding hydrogens is 321 g/mol. The van der Waals surface area contributed by atoms with Gasteiger partial charge in [-0.05, 0) is 32.9 Å². The van der Waals surface area contributed by atoms with Crippen molar-refractivity contribution in [2.24, 2.45) is 0 Å². The van der Waals surface area contributed by atoms with Gasteiger partial charge in [-0.25, -0.2) is 4.98 Å². The van der Waals surface area contributed by atoms with E-state index in [9.17, 15) is 18.0 Å². The Morgan fingerprint density at radius 1 is 1.17 bits per heavy atom. The third-order valence-electron chi connectivity index (χ3n) is 4.08. The average molecular weight is 344 g/mol. The van der Waals surface area contributed by atoms with Gasteiger partial charge in [0.05, 0.1) is 17.9 Å². The van der Waals surface area contributed by atoms with E-state index in [0.29, 0.717) is 31.9 Å². The molecule has 1 atom stereocenters. The predicted molar refractivity (Wildman–Crippen MR) is 85.8 cm³/mol. The molecule has 1 N–H and O–H groups in total. The fourth-order valence-electron chi connectivity index (χ4n) is 2.68. The van der Waals surface area contributed by atoms with E-state index in [4.69, 9.17) is 0 Å². The molecule has 1 saturated heterocycles. The molecule has 1 aliphatic heterocycles. The van der Waals surface area contributed by atoms with E-state index in [-0.39, 0.29) is 18.0 Å². The summed E-state index contributed by atoms with van der Waals surface area (Å²) in [6.07, 6.45) is -3.16. The largest absolute Gasteiger partial charge is 0.433 e. The highest BCUT2D eigenvalue weighted by Crippen LogP contribution is 2.28. The Labute approximate surface area is 139 Å². The Kier molecular flexibility index (Phi) is 5.69. The minimum atomic E-state index is -4.42. The summed E-state index contributed by atoms with van der Waals surface area (Å²) in [4.78, 5) is 19.6. The lowest BCUT2D eigenvalue weighted by molar-refractivity contribution is -0.141. The number of nitrogens with one attached hydrogen (secondary N) is 1. The smallest absolute Gasteiger partial charge is 0.368 e. The standard InChI is InChI=1S/C16H23F3N4O/c1-11(2)21-15(24)12(3)22-6-8-23(9-7-22)13-4-5-14(20-10-13)16(17,18)19/h4-5,10-12H,6-9H2,1-3H3,(H,21,24). The average Bonchev–Trinajstić information content (AvgIpc) is 2.53. The summed E-state index contributed by atoms with van der Waals surface area (Å²) in [5.41, 5.74) is -0.217. The lowest BCUT2D eigenvalue weighted by Gasteiger charge is -2.38. The number of pyridine rings is 1. The van der Waals surface area contributed by atoms with Gasteiger partial charge in [-0.2, -0.15) is 13.2 Å². The van der Waals surface area contributed by atoms with Crippen molar-refractivity contribution in [3.05, 3.63) is 24.0 Å². The number of alkyl halides is 3. The molecule has 8 heteroatoms. The Bertz CT molecular complexity index is 551. The number of piperazine rings is 1. The summed E-state index contributed by atoms with van der Waals surface area (Å²) in [6.45, 7) is 8.34. The third-order valence-corrected chi connectivity index (χ3v) is 4.08. The van der Waals surface area contributed by atoms with Crippen LogP contribution in [0.15, 0.2) is 18.3 Å². The van der Waals surface area contributed by atoms with Crippen LogP contribution in [0.1, 0.15) is 26.5 Å². The van der Waals surface area contributed by atoms with Gasteiger partial charge in [-0.3, -0.25) is 9.69 Å². The highest BCUT2D eigenvalue weighted by Gasteiger charge is 2.32. The summed E-state index contributed by atoms with van der Waals surface area (Å²) < 4.78 is 37.6. The monoisotopic (exact) mass is 344 g/mol. The van der Waals surface area contributed by atoms with Gasteiger partial charge in [0, 0.05) is 32.2 Å². The molecule has 5 nitrogen and oxygen atoms in total. The van der Waals surface area contributed by atoms with Gasteiger partial charge in [-0.15, -0.1) is 0 Å². The molecule has 134 valence electrons. The number of hydrogen-bond donors (Lipinski definition) is 1. The molecule has 1 fully saturated rings. The molecule has 1 aliphatic rings. The van der Waals surface area contributed by atoms with Crippen LogP contribution in [0, 0.1) is 0 Å². The van der Waals surface area contributed by atoms with Crippen molar-refractivity contribution in [3.63, 3.8) is 0 Å². The quantitative estimate of drug-likeness (QED) is 0.909. The van der Waals surface area contributed by atoms with E-state index in [0.717, 1.165) is 6.07 Å². The van der Waals surface area contributed by atoms with Crippen molar-refractivity contribution in [3.8, 4) is 0 Å². The molecule has 2 rings (SSSR count). The number of nitrogens with zero attached hydrogens (tertiary/aromatic N) is 3. The molecule has 24 heavy (non-hydrogen) atoms. The molecule has 1 amide bonds. The van der Waals surface area contributed by atoms with E-state index in [1.165, 1.54) is 12.3 Å². The molecular formula is C16H23F3N4O. The minimum Gasteiger partial charge on any atom is -0.368 e. The molecule has 0 radical (unpaired) electrons. The van der Waals surface area contributed by atoms with Crippen LogP contribution >= 0.6 is 0 Å². The molecule has 2 heterocycles. The Balaban J connectivity index is 1.91. The molecule has 1 unspecified atom stereocenters. The van der Waals surface area contributed by atoms with Gasteiger partial charge in [0.15, 0.2) is 0 Å². The first-order valence-electron chi connectivity index (χ1n) is 8.01. The van der Waals surface area contributed by atoms with Crippen LogP contribution in [0.2, 0.25) is 0 Å². The van der Waals surface area contributed by atoms with Crippen LogP contribution in [0.3, 0.4) is 0 Å². The number of carbonyl (C=O) groups excluding carboxylic acids is 1. The SMILES string of the molecule is CC(C)NC(=O)C(C)N1CCN(c2ccc(C(F)(F)F)nc2)CC1. The van der Waals surface area contributed by atoms with E-state index < -0.39 is 11.9 Å². The van der Waals surface area contributed by atoms with Crippen LogP contribution in [-0.4, -0.2) is 54.1 Å². The van der Waals surface area contributed by atoms with Gasteiger partial charge in [-0.1, -0.05) is 0 Å². The number of rotatable bonds is 4. The molecule has 0 aliphatic carbocycles. The second-order valence-corrected chi connectivity index (χ2v) is 6.26. The van der Waals surface area contributed by atoms with Crippen LogP contribution in [0.4, 0.5) is 18.9 Å². The van der Waals surface area contributed by atoms with E-state index in [1.54, 1.807) is 0 Å². The van der Waals surface area contributed by atoms with Gasteiger partial charge in [0.25, 0.3) is 0 Å². The maximum atomic E-state index is 12.5. The Morgan fingerprint density at radius 2 is 1.79 bits per heavy atom. The maximum absolute atomic E-state index is 12.5. The summed E-state index contributed by atoms with van der Waals surface area (Å²) in [7, 11) is 0. The first kappa shape index (κ1) is 18.5. The van der Waals surface area contributed by atoms with Crippen LogP contribution in [0.25, 0.3) is 0 Å². The van der Waals surface area contributed by atoms with Crippen molar-refractivity contribution in [2.45, 2.75) is 39.0 Å². The second kappa shape index (κ2) is 7.38. The Hall–Kier alpha value is -1.83. The molecule has 0 bridgehead atoms. The lowest BCUT2D eigenvalue weighted by Crippen LogP contribution is -2.54. The fourth-order valence-corrected chi connectivity index (χ4v) is 2.68. The number of anilines is 1. The summed E-state index contributed by atoms with van der Waals surface area (Å²) >= 11 is 0. The van der Waals surface area contributed by atoms with Crippen molar-refractivity contribution >= 4 is 11.6 Å². The second-order valence-electron chi connectivity index (χ2n) is 6.26. The van der Waals surface area contributed by atoms with Crippen molar-refractivity contribution in [2.75, 3.05) is 31.1 Å². The fraction of sp³-hybridized carbons (Fsp3) is 0.625. The summed E-state index contributed by atoms with van der Waals surface area (Å²) in [5, 5.41) is 2.89. The van der Waals surface area contributed by atoms with E-state index in [1.807, 2.05) is 25.7 Å². The maximum Gasteiger partial charge on any atom is 0.433 e. The van der Waals surface area contributed by atoms with Gasteiger partial charge in [0.1, 0.15) is 5.69 Å². The molecule has 1 aromatic heterocycles. The number of carbonyl (C=O) groups is 1. The summed E-state index contributed by atoms with van der Waals surface area (Å²) in [6, 6.07) is 2.32. The zero-order valence-corrected chi connectivity index (χ0v) is 14.1. The molecule has 0 aromatic carbocycles. The van der Waals surface area contributed by atoms with E-state index >= 15 is 0 Å². The molecule has 0 spiro atoms. The van der Waals surface area contributed by atoms with Crippen molar-refractivity contribution < 1.29 is 18.0 Å². The number of amides is 1. The topological polar surface area (TPSA) is 48.5 Å². The minimum absolute atomic E-state index is 0.00496. The summed E-state index contributed by atoms with van der Waals surface area (Å²) in [5.74, 6) is -0.00496. The zero-order valence-electron chi connectivity index (χ0n) is 14.1. The van der Waals surface area contributed by atoms with Crippen molar-refractivity contribution in [1.82, 2.24) is 15.2 Å². The van der Waals surface area contributed by atoms with Gasteiger partial charge >= 0.3 is 6.18 Å². The third kappa shape index (κ3) is 4.59. The number of hydrogen-bond acceptors (Lipinski definition) is 4. The van der Waals surface area contributed by atoms with Crippen LogP contribution in [-0.2, 0) is 11.0 Å². The van der Waals surface area contributed by atoms with Crippen molar-refractivity contribution in [1.29, 1.82) is 0 Å². The van der Waals surface area contributed by atoms with E-state index in [2.05, 4.69) is 15.2 Å². The Morgan fingerprint density at radius 3 is 2.25 bits per heavy atom. The van der Waals surface area contributed by atoms with Crippen LogP contribution < -0.4 is 10.2 Å². The lowest BCUT2D eigenvalue weighted by atomic mass is 10.2. The molecule has 0 saturated carbocycles. The van der Waals surface area contributed by atoms with Crippen LogP contribution in [0.5, 0.6) is 0 Å². The number of aromatic nitrogens is 1. The molecule has 1 aromatic rings. The normalized spacial score (nSPS) is 17.9. The van der Waals surface area contributed by atoms with Gasteiger partial charge < -0.3 is 10.2 Å². The highest BCUT2D eigenvalue weighted by atomic mass is 19.4. The number of halogens is 3. The first-order valence-corrected chi connectivity index (χ1v) is 8.01. The predicted octanol–water partition coefficient (Wildman–Crippen LogP) is 2.14. The first-order chi connectivity index (χ1) is 11.2. The zero-order chi connectivity index (χ0) is 17.9. The van der Waals surface area contributed by atoms with Gasteiger partial charge in [0.2, 0.25) is 5.91 Å².